The number of carbonyl (C=O) groups excluding carboxylic acids is 1. The van der Waals surface area contributed by atoms with Crippen LogP contribution in [-0.4, -0.2) is 23.5 Å². The number of hydrogen-bond acceptors (Lipinski definition) is 3. The van der Waals surface area contributed by atoms with Crippen molar-refractivity contribution in [3.63, 3.8) is 0 Å². The van der Waals surface area contributed by atoms with Crippen LogP contribution >= 0.6 is 0 Å². The van der Waals surface area contributed by atoms with Crippen LogP contribution in [0.1, 0.15) is 32.8 Å². The van der Waals surface area contributed by atoms with Gasteiger partial charge in [-0.1, -0.05) is 45.0 Å². The van der Waals surface area contributed by atoms with Gasteiger partial charge in [0, 0.05) is 18.3 Å². The van der Waals surface area contributed by atoms with Gasteiger partial charge in [0.05, 0.1) is 6.04 Å². The average Bonchev–Trinajstić information content (AvgIpc) is 2.86. The smallest absolute Gasteiger partial charge is 0.245 e. The zero-order chi connectivity index (χ0) is 16.6. The van der Waals surface area contributed by atoms with Crippen LogP contribution in [0, 0.1) is 0 Å². The number of nitrogens with two attached hydrogens (primary N) is 1. The van der Waals surface area contributed by atoms with E-state index >= 15 is 0 Å². The van der Waals surface area contributed by atoms with E-state index in [9.17, 15) is 4.79 Å². The van der Waals surface area contributed by atoms with Crippen LogP contribution in [0.5, 0.6) is 0 Å². The predicted octanol–water partition coefficient (Wildman–Crippen LogP) is 3.11. The maximum atomic E-state index is 12.0. The van der Waals surface area contributed by atoms with Gasteiger partial charge in [-0.15, -0.1) is 0 Å². The second-order valence-corrected chi connectivity index (χ2v) is 7.09. The summed E-state index contributed by atoms with van der Waals surface area (Å²) in [7, 11) is 0. The highest BCUT2D eigenvalue weighted by Crippen LogP contribution is 2.33. The van der Waals surface area contributed by atoms with Crippen molar-refractivity contribution in [1.29, 1.82) is 0 Å². The van der Waals surface area contributed by atoms with E-state index < -0.39 is 6.04 Å². The summed E-state index contributed by atoms with van der Waals surface area (Å²) in [5, 5.41) is 0. The Morgan fingerprint density at radius 1 is 1.17 bits per heavy atom. The molecule has 0 aliphatic carbocycles. The minimum Gasteiger partial charge on any atom is -0.320 e. The third kappa shape index (κ3) is 2.99. The maximum absolute atomic E-state index is 12.0. The monoisotopic (exact) mass is 309 g/mol. The third-order valence-corrected chi connectivity index (χ3v) is 4.32. The van der Waals surface area contributed by atoms with Gasteiger partial charge in [0.2, 0.25) is 5.91 Å². The lowest BCUT2D eigenvalue weighted by molar-refractivity contribution is -0.118. The molecule has 120 valence electrons. The Balaban J connectivity index is 1.94. The van der Waals surface area contributed by atoms with Gasteiger partial charge in [-0.25, -0.2) is 4.98 Å². The predicted molar refractivity (Wildman–Crippen MR) is 93.3 cm³/mol. The molecule has 1 aliphatic rings. The summed E-state index contributed by atoms with van der Waals surface area (Å²) >= 11 is 0. The molecule has 3 rings (SSSR count). The number of nitrogens with zero attached hydrogens (tertiary/aromatic N) is 2. The molecule has 23 heavy (non-hydrogen) atoms. The minimum atomic E-state index is -0.391. The number of rotatable bonds is 2. The molecule has 0 radical (unpaired) electrons. The Morgan fingerprint density at radius 2 is 1.91 bits per heavy atom. The molecule has 4 heteroatoms. The summed E-state index contributed by atoms with van der Waals surface area (Å²) in [6.07, 6.45) is 2.53. The van der Waals surface area contributed by atoms with Crippen molar-refractivity contribution < 1.29 is 4.79 Å². The van der Waals surface area contributed by atoms with Crippen molar-refractivity contribution >= 4 is 11.7 Å². The Morgan fingerprint density at radius 3 is 2.48 bits per heavy atom. The molecule has 0 bridgehead atoms. The molecule has 1 amide bonds. The highest BCUT2D eigenvalue weighted by atomic mass is 16.2. The fraction of sp³-hybridized carbons (Fsp3) is 0.368. The van der Waals surface area contributed by atoms with Crippen LogP contribution in [0.2, 0.25) is 0 Å². The second kappa shape index (κ2) is 5.78. The molecule has 1 aliphatic heterocycles. The summed E-state index contributed by atoms with van der Waals surface area (Å²) in [5.41, 5.74) is 9.37. The number of aromatic nitrogens is 1. The van der Waals surface area contributed by atoms with Gasteiger partial charge in [-0.3, -0.25) is 9.69 Å². The number of hydrogen-bond donors (Lipinski definition) is 1. The van der Waals surface area contributed by atoms with Gasteiger partial charge >= 0.3 is 0 Å². The number of anilines is 1. The van der Waals surface area contributed by atoms with E-state index in [1.165, 1.54) is 11.1 Å². The molecule has 4 nitrogen and oxygen atoms in total. The summed E-state index contributed by atoms with van der Waals surface area (Å²) in [4.78, 5) is 18.2. The van der Waals surface area contributed by atoms with Gasteiger partial charge in [0.15, 0.2) is 0 Å². The molecule has 1 unspecified atom stereocenters. The van der Waals surface area contributed by atoms with Gasteiger partial charge < -0.3 is 5.73 Å². The Bertz CT molecular complexity index is 716. The highest BCUT2D eigenvalue weighted by Gasteiger charge is 2.30. The van der Waals surface area contributed by atoms with Gasteiger partial charge in [-0.2, -0.15) is 0 Å². The first-order valence-corrected chi connectivity index (χ1v) is 8.01. The Labute approximate surface area is 137 Å². The molecular weight excluding hydrogens is 286 g/mol. The first-order chi connectivity index (χ1) is 10.9. The fourth-order valence-corrected chi connectivity index (χ4v) is 3.02. The lowest BCUT2D eigenvalue weighted by Crippen LogP contribution is -2.34. The zero-order valence-electron chi connectivity index (χ0n) is 13.9. The number of benzene rings is 1. The molecule has 0 spiro atoms. The van der Waals surface area contributed by atoms with Gasteiger partial charge in [0.1, 0.15) is 5.82 Å². The highest BCUT2D eigenvalue weighted by molar-refractivity contribution is 5.98. The second-order valence-electron chi connectivity index (χ2n) is 7.09. The van der Waals surface area contributed by atoms with Crippen molar-refractivity contribution in [1.82, 2.24) is 4.98 Å². The van der Waals surface area contributed by atoms with Crippen LogP contribution in [0.4, 0.5) is 5.82 Å². The normalized spacial score (nSPS) is 18.5. The van der Waals surface area contributed by atoms with Crippen LogP contribution in [0.15, 0.2) is 42.6 Å². The molecular formula is C19H23N3O. The van der Waals surface area contributed by atoms with Crippen molar-refractivity contribution in [2.24, 2.45) is 5.73 Å². The quantitative estimate of drug-likeness (QED) is 0.927. The third-order valence-electron chi connectivity index (χ3n) is 4.32. The summed E-state index contributed by atoms with van der Waals surface area (Å²) in [5.74, 6) is 0.639. The molecule has 1 saturated heterocycles. The number of pyridine rings is 1. The molecule has 0 saturated carbocycles. The Kier molecular flexibility index (Phi) is 3.94. The van der Waals surface area contributed by atoms with Crippen LogP contribution in [-0.2, 0) is 10.2 Å². The zero-order valence-corrected chi connectivity index (χ0v) is 13.9. The molecule has 2 heterocycles. The van der Waals surface area contributed by atoms with E-state index in [0.29, 0.717) is 18.8 Å². The van der Waals surface area contributed by atoms with E-state index in [4.69, 9.17) is 5.73 Å². The fourth-order valence-electron chi connectivity index (χ4n) is 3.02. The van der Waals surface area contributed by atoms with Gasteiger partial charge in [-0.05, 0) is 35.1 Å². The lowest BCUT2D eigenvalue weighted by Gasteiger charge is -2.23. The molecule has 1 atom stereocenters. The molecule has 1 aromatic carbocycles. The minimum absolute atomic E-state index is 0.0414. The molecule has 1 fully saturated rings. The van der Waals surface area contributed by atoms with E-state index in [2.05, 4.69) is 44.0 Å². The van der Waals surface area contributed by atoms with E-state index in [0.717, 1.165) is 5.56 Å². The lowest BCUT2D eigenvalue weighted by atomic mass is 9.82. The maximum Gasteiger partial charge on any atom is 0.245 e. The van der Waals surface area contributed by atoms with E-state index in [-0.39, 0.29) is 11.3 Å². The summed E-state index contributed by atoms with van der Waals surface area (Å²) in [6.45, 7) is 7.26. The van der Waals surface area contributed by atoms with Crippen LogP contribution in [0.25, 0.3) is 11.1 Å². The molecule has 1 aromatic heterocycles. The first kappa shape index (κ1) is 15.7. The summed E-state index contributed by atoms with van der Waals surface area (Å²) < 4.78 is 0. The standard InChI is InChI=1S/C19H23N3O/c1-19(2,3)15-7-5-4-6-14(15)13-8-9-17(21-12-13)22-11-10-16(20)18(22)23/h4-9,12,16H,10-11,20H2,1-3H3. The van der Waals surface area contributed by atoms with E-state index in [1.807, 2.05) is 24.4 Å². The number of amides is 1. The molecule has 2 N–H and O–H groups in total. The summed E-state index contributed by atoms with van der Waals surface area (Å²) in [6, 6.07) is 11.9. The van der Waals surface area contributed by atoms with Crippen molar-refractivity contribution in [3.8, 4) is 11.1 Å². The topological polar surface area (TPSA) is 59.2 Å². The van der Waals surface area contributed by atoms with Gasteiger partial charge in [0.25, 0.3) is 0 Å². The SMILES string of the molecule is CC(C)(C)c1ccccc1-c1ccc(N2CCC(N)C2=O)nc1. The molecule has 2 aromatic rings. The Hall–Kier alpha value is -2.20. The number of carbonyl (C=O) groups is 1. The van der Waals surface area contributed by atoms with Crippen molar-refractivity contribution in [3.05, 3.63) is 48.2 Å². The van der Waals surface area contributed by atoms with Crippen LogP contribution in [0.3, 0.4) is 0 Å². The largest absolute Gasteiger partial charge is 0.320 e. The van der Waals surface area contributed by atoms with E-state index in [1.54, 1.807) is 4.90 Å². The van der Waals surface area contributed by atoms with Crippen LogP contribution < -0.4 is 10.6 Å². The first-order valence-electron chi connectivity index (χ1n) is 8.01. The van der Waals surface area contributed by atoms with Crippen molar-refractivity contribution in [2.45, 2.75) is 38.6 Å². The average molecular weight is 309 g/mol. The van der Waals surface area contributed by atoms with Crippen molar-refractivity contribution in [2.75, 3.05) is 11.4 Å².